The maximum absolute atomic E-state index is 11.9. The van der Waals surface area contributed by atoms with Gasteiger partial charge in [-0.3, -0.25) is 4.79 Å². The number of carbonyl (C=O) groups is 1. The van der Waals surface area contributed by atoms with Gasteiger partial charge in [0.2, 0.25) is 6.10 Å². The van der Waals surface area contributed by atoms with Gasteiger partial charge in [-0.15, -0.1) is 0 Å². The number of hydrogen-bond donors (Lipinski definition) is 1. The van der Waals surface area contributed by atoms with Crippen molar-refractivity contribution in [2.45, 2.75) is 6.10 Å². The van der Waals surface area contributed by atoms with Crippen LogP contribution in [-0.2, 0) is 9.53 Å². The topological polar surface area (TPSA) is 84.2 Å². The lowest BCUT2D eigenvalue weighted by Gasteiger charge is -2.41. The molecule has 6 heteroatoms. The van der Waals surface area contributed by atoms with Gasteiger partial charge in [-0.1, -0.05) is 0 Å². The number of pyridine rings is 1. The highest BCUT2D eigenvalue weighted by Gasteiger charge is 2.53. The van der Waals surface area contributed by atoms with Crippen LogP contribution in [0.25, 0.3) is 0 Å². The summed E-state index contributed by atoms with van der Waals surface area (Å²) in [6.45, 7) is 0.439. The molecular formula is C11H9N3O3. The van der Waals surface area contributed by atoms with Crippen molar-refractivity contribution >= 4 is 11.7 Å². The maximum atomic E-state index is 11.9. The Morgan fingerprint density at radius 2 is 2.41 bits per heavy atom. The van der Waals surface area contributed by atoms with Crippen LogP contribution in [0.2, 0.25) is 0 Å². The van der Waals surface area contributed by atoms with E-state index < -0.39 is 11.5 Å². The Kier molecular flexibility index (Phi) is 2.03. The van der Waals surface area contributed by atoms with Crippen molar-refractivity contribution in [2.24, 2.45) is 5.41 Å². The van der Waals surface area contributed by atoms with Gasteiger partial charge in [0.15, 0.2) is 11.6 Å². The van der Waals surface area contributed by atoms with Crippen LogP contribution in [-0.4, -0.2) is 30.2 Å². The molecule has 1 atom stereocenters. The molecule has 6 nitrogen and oxygen atoms in total. The third-order valence-corrected chi connectivity index (χ3v) is 2.94. The highest BCUT2D eigenvalue weighted by Crippen LogP contribution is 2.38. The SMILES string of the molecule is N#CC1(C2Oc3cccnc3NC2=O)COC1. The zero-order valence-corrected chi connectivity index (χ0v) is 8.84. The lowest BCUT2D eigenvalue weighted by atomic mass is 9.80. The molecule has 1 aromatic heterocycles. The van der Waals surface area contributed by atoms with Crippen LogP contribution in [0.1, 0.15) is 0 Å². The van der Waals surface area contributed by atoms with E-state index in [1.165, 1.54) is 0 Å². The predicted octanol–water partition coefficient (Wildman–Crippen LogP) is 0.321. The lowest BCUT2D eigenvalue weighted by molar-refractivity contribution is -0.154. The molecule has 0 aliphatic carbocycles. The normalized spacial score (nSPS) is 24.6. The Morgan fingerprint density at radius 3 is 3.06 bits per heavy atom. The van der Waals surface area contributed by atoms with Gasteiger partial charge in [-0.05, 0) is 12.1 Å². The van der Waals surface area contributed by atoms with Crippen LogP contribution >= 0.6 is 0 Å². The summed E-state index contributed by atoms with van der Waals surface area (Å²) in [5.74, 6) is 0.529. The Hall–Kier alpha value is -2.13. The molecule has 1 amide bonds. The standard InChI is InChI=1S/C11H9N3O3/c12-4-11(5-16-6-11)8-10(15)14-9-7(17-8)2-1-3-13-9/h1-3,8H,5-6H2,(H,13,14,15). The lowest BCUT2D eigenvalue weighted by Crippen LogP contribution is -2.58. The zero-order valence-electron chi connectivity index (χ0n) is 8.84. The molecule has 1 aromatic rings. The largest absolute Gasteiger partial charge is 0.475 e. The number of hydrogen-bond acceptors (Lipinski definition) is 5. The number of amides is 1. The minimum Gasteiger partial charge on any atom is -0.475 e. The number of nitrogens with one attached hydrogen (secondary N) is 1. The molecule has 3 heterocycles. The monoisotopic (exact) mass is 231 g/mol. The Morgan fingerprint density at radius 1 is 1.59 bits per heavy atom. The maximum Gasteiger partial charge on any atom is 0.268 e. The Balaban J connectivity index is 1.95. The van der Waals surface area contributed by atoms with Crippen LogP contribution < -0.4 is 10.1 Å². The van der Waals surface area contributed by atoms with Crippen LogP contribution in [0.5, 0.6) is 5.75 Å². The summed E-state index contributed by atoms with van der Waals surface area (Å²) in [4.78, 5) is 15.9. The van der Waals surface area contributed by atoms with Crippen molar-refractivity contribution in [1.29, 1.82) is 5.26 Å². The van der Waals surface area contributed by atoms with E-state index in [2.05, 4.69) is 16.4 Å². The number of rotatable bonds is 1. The van der Waals surface area contributed by atoms with E-state index in [1.54, 1.807) is 18.3 Å². The Labute approximate surface area is 97.2 Å². The van der Waals surface area contributed by atoms with Gasteiger partial charge in [-0.25, -0.2) is 4.98 Å². The summed E-state index contributed by atoms with van der Waals surface area (Å²) in [5.41, 5.74) is -0.877. The minimum absolute atomic E-state index is 0.219. The first-order valence-electron chi connectivity index (χ1n) is 5.17. The molecule has 1 fully saturated rings. The van der Waals surface area contributed by atoms with E-state index in [-0.39, 0.29) is 19.1 Å². The van der Waals surface area contributed by atoms with E-state index >= 15 is 0 Å². The molecule has 86 valence electrons. The minimum atomic E-state index is -0.877. The summed E-state index contributed by atoms with van der Waals surface area (Å²) in [6, 6.07) is 5.53. The van der Waals surface area contributed by atoms with Crippen molar-refractivity contribution in [3.05, 3.63) is 18.3 Å². The molecule has 2 aliphatic heterocycles. The highest BCUT2D eigenvalue weighted by molar-refractivity contribution is 5.97. The molecule has 0 bridgehead atoms. The number of anilines is 1. The van der Waals surface area contributed by atoms with Crippen LogP contribution in [0, 0.1) is 16.7 Å². The van der Waals surface area contributed by atoms with Gasteiger partial charge in [0, 0.05) is 6.20 Å². The van der Waals surface area contributed by atoms with Crippen LogP contribution in [0.4, 0.5) is 5.82 Å². The number of aromatic nitrogens is 1. The number of carbonyl (C=O) groups excluding carboxylic acids is 1. The second-order valence-electron chi connectivity index (χ2n) is 4.10. The van der Waals surface area contributed by atoms with E-state index in [0.717, 1.165) is 0 Å². The molecule has 0 aromatic carbocycles. The molecule has 3 rings (SSSR count). The van der Waals surface area contributed by atoms with Crippen LogP contribution in [0.3, 0.4) is 0 Å². The summed E-state index contributed by atoms with van der Waals surface area (Å²) >= 11 is 0. The van der Waals surface area contributed by atoms with Crippen LogP contribution in [0.15, 0.2) is 18.3 Å². The van der Waals surface area contributed by atoms with Gasteiger partial charge in [0.05, 0.1) is 19.3 Å². The third kappa shape index (κ3) is 1.36. The second kappa shape index (κ2) is 3.43. The molecule has 0 saturated carbocycles. The number of ether oxygens (including phenoxy) is 2. The van der Waals surface area contributed by atoms with Gasteiger partial charge in [0.1, 0.15) is 5.41 Å². The molecule has 2 aliphatic rings. The Bertz CT molecular complexity index is 519. The quantitative estimate of drug-likeness (QED) is 0.752. The first kappa shape index (κ1) is 10.1. The molecule has 1 unspecified atom stereocenters. The summed E-state index contributed by atoms with van der Waals surface area (Å²) in [7, 11) is 0. The zero-order chi connectivity index (χ0) is 11.9. The van der Waals surface area contributed by atoms with Crippen molar-refractivity contribution in [3.8, 4) is 11.8 Å². The van der Waals surface area contributed by atoms with Gasteiger partial charge >= 0.3 is 0 Å². The molecule has 1 N–H and O–H groups in total. The highest BCUT2D eigenvalue weighted by atomic mass is 16.5. The average molecular weight is 231 g/mol. The smallest absolute Gasteiger partial charge is 0.268 e. The van der Waals surface area contributed by atoms with Gasteiger partial charge in [-0.2, -0.15) is 5.26 Å². The van der Waals surface area contributed by atoms with Gasteiger partial charge in [0.25, 0.3) is 5.91 Å². The van der Waals surface area contributed by atoms with Crippen molar-refractivity contribution < 1.29 is 14.3 Å². The molecule has 1 saturated heterocycles. The molecule has 0 radical (unpaired) electrons. The third-order valence-electron chi connectivity index (χ3n) is 2.94. The van der Waals surface area contributed by atoms with E-state index in [0.29, 0.717) is 11.6 Å². The first-order valence-corrected chi connectivity index (χ1v) is 5.17. The molecule has 0 spiro atoms. The number of nitrogens with zero attached hydrogens (tertiary/aromatic N) is 2. The van der Waals surface area contributed by atoms with E-state index in [9.17, 15) is 4.79 Å². The summed E-state index contributed by atoms with van der Waals surface area (Å²) in [5, 5.41) is 11.8. The fourth-order valence-electron chi connectivity index (χ4n) is 1.90. The summed E-state index contributed by atoms with van der Waals surface area (Å²) in [6.07, 6.45) is 0.730. The number of fused-ring (bicyclic) bond motifs is 1. The average Bonchev–Trinajstić information content (AvgIpc) is 2.29. The molecular weight excluding hydrogens is 222 g/mol. The fraction of sp³-hybridized carbons (Fsp3) is 0.364. The van der Waals surface area contributed by atoms with Crippen molar-refractivity contribution in [1.82, 2.24) is 4.98 Å². The van der Waals surface area contributed by atoms with Gasteiger partial charge < -0.3 is 14.8 Å². The fourth-order valence-corrected chi connectivity index (χ4v) is 1.90. The predicted molar refractivity (Wildman–Crippen MR) is 56.1 cm³/mol. The van der Waals surface area contributed by atoms with E-state index in [1.807, 2.05) is 0 Å². The summed E-state index contributed by atoms with van der Waals surface area (Å²) < 4.78 is 10.6. The molecule has 17 heavy (non-hydrogen) atoms. The number of nitriles is 1. The van der Waals surface area contributed by atoms with Crippen molar-refractivity contribution in [3.63, 3.8) is 0 Å². The van der Waals surface area contributed by atoms with Crippen molar-refractivity contribution in [2.75, 3.05) is 18.5 Å². The first-order chi connectivity index (χ1) is 8.25. The van der Waals surface area contributed by atoms with E-state index in [4.69, 9.17) is 14.7 Å². The second-order valence-corrected chi connectivity index (χ2v) is 4.10.